The standard InChI is InChI=1S/C12H12O3.Li.H/c1-11-6-7-12(15-11,10(13)14)9-5-3-2-4-8(9)11;;/h2-5H,6-7H2,1H3,(H,13,14);;/q;+1;-1/t11-,12+;;/m1../s1. The van der Waals surface area contributed by atoms with Gasteiger partial charge in [0, 0.05) is 5.56 Å². The van der Waals surface area contributed by atoms with Crippen LogP contribution < -0.4 is 18.9 Å². The van der Waals surface area contributed by atoms with E-state index in [0.717, 1.165) is 17.5 Å². The largest absolute Gasteiger partial charge is 1.00 e. The van der Waals surface area contributed by atoms with Crippen molar-refractivity contribution in [3.05, 3.63) is 35.4 Å². The molecule has 1 aromatic carbocycles. The molecular formula is C12H13LiO3. The van der Waals surface area contributed by atoms with Crippen molar-refractivity contribution in [1.82, 2.24) is 0 Å². The molecule has 1 saturated heterocycles. The topological polar surface area (TPSA) is 46.5 Å². The van der Waals surface area contributed by atoms with Crippen molar-refractivity contribution in [2.45, 2.75) is 31.0 Å². The summed E-state index contributed by atoms with van der Waals surface area (Å²) in [7, 11) is 0. The molecule has 2 atom stereocenters. The minimum atomic E-state index is -1.08. The molecule has 3 nitrogen and oxygen atoms in total. The van der Waals surface area contributed by atoms with E-state index in [0.29, 0.717) is 6.42 Å². The van der Waals surface area contributed by atoms with E-state index in [9.17, 15) is 9.90 Å². The minimum absolute atomic E-state index is 0. The van der Waals surface area contributed by atoms with Gasteiger partial charge in [-0.15, -0.1) is 0 Å². The van der Waals surface area contributed by atoms with Crippen LogP contribution in [-0.2, 0) is 20.7 Å². The quantitative estimate of drug-likeness (QED) is 0.615. The van der Waals surface area contributed by atoms with Crippen LogP contribution in [0.15, 0.2) is 24.3 Å². The summed E-state index contributed by atoms with van der Waals surface area (Å²) < 4.78 is 5.78. The Bertz CT molecular complexity index is 465. The zero-order valence-corrected chi connectivity index (χ0v) is 9.49. The monoisotopic (exact) mass is 212 g/mol. The second kappa shape index (κ2) is 3.37. The number of carboxylic acid groups (broad SMARTS) is 1. The molecule has 2 bridgehead atoms. The van der Waals surface area contributed by atoms with Crippen molar-refractivity contribution in [3.63, 3.8) is 0 Å². The average molecular weight is 212 g/mol. The average Bonchev–Trinajstić information content (AvgIpc) is 2.70. The van der Waals surface area contributed by atoms with Gasteiger partial charge in [0.25, 0.3) is 0 Å². The molecule has 2 aliphatic rings. The number of benzene rings is 1. The van der Waals surface area contributed by atoms with Gasteiger partial charge in [0.15, 0.2) is 5.60 Å². The molecule has 0 aromatic heterocycles. The van der Waals surface area contributed by atoms with E-state index in [-0.39, 0.29) is 20.3 Å². The number of hydrogen-bond donors (Lipinski definition) is 1. The molecule has 0 saturated carbocycles. The Kier molecular flexibility index (Phi) is 2.47. The first-order chi connectivity index (χ1) is 7.08. The van der Waals surface area contributed by atoms with E-state index in [2.05, 4.69) is 0 Å². The second-order valence-corrected chi connectivity index (χ2v) is 4.51. The molecular weight excluding hydrogens is 199 g/mol. The molecule has 16 heavy (non-hydrogen) atoms. The number of carbonyl (C=O) groups is 1. The molecule has 0 aliphatic carbocycles. The van der Waals surface area contributed by atoms with Gasteiger partial charge in [-0.3, -0.25) is 0 Å². The summed E-state index contributed by atoms with van der Waals surface area (Å²) in [5, 5.41) is 9.33. The SMILES string of the molecule is C[C@]12CC[C@](C(=O)O)(O1)c1ccccc12.[H-].[Li+]. The number of fused-ring (bicyclic) bond motifs is 5. The summed E-state index contributed by atoms with van der Waals surface area (Å²) in [5.41, 5.74) is 0.408. The Balaban J connectivity index is 0.000000722. The minimum Gasteiger partial charge on any atom is -1.00 e. The van der Waals surface area contributed by atoms with Crippen molar-refractivity contribution < 1.29 is 34.9 Å². The van der Waals surface area contributed by atoms with Crippen LogP contribution in [0.25, 0.3) is 0 Å². The normalized spacial score (nSPS) is 34.3. The van der Waals surface area contributed by atoms with Crippen molar-refractivity contribution in [3.8, 4) is 0 Å². The summed E-state index contributed by atoms with van der Waals surface area (Å²) >= 11 is 0. The first-order valence-corrected chi connectivity index (χ1v) is 5.12. The fourth-order valence-corrected chi connectivity index (χ4v) is 2.84. The van der Waals surface area contributed by atoms with Crippen molar-refractivity contribution in [2.24, 2.45) is 0 Å². The van der Waals surface area contributed by atoms with E-state index in [1.807, 2.05) is 31.2 Å². The Morgan fingerprint density at radius 2 is 2.00 bits per heavy atom. The van der Waals surface area contributed by atoms with Crippen molar-refractivity contribution in [2.75, 3.05) is 0 Å². The number of ether oxygens (including phenoxy) is 1. The van der Waals surface area contributed by atoms with Gasteiger partial charge < -0.3 is 11.3 Å². The third-order valence-electron chi connectivity index (χ3n) is 3.63. The maximum atomic E-state index is 11.4. The molecule has 0 unspecified atom stereocenters. The van der Waals surface area contributed by atoms with Gasteiger partial charge in [0.05, 0.1) is 5.60 Å². The van der Waals surface area contributed by atoms with E-state index in [1.54, 1.807) is 0 Å². The summed E-state index contributed by atoms with van der Waals surface area (Å²) in [4.78, 5) is 11.4. The van der Waals surface area contributed by atoms with Gasteiger partial charge in [-0.05, 0) is 25.3 Å². The van der Waals surface area contributed by atoms with Crippen LogP contribution in [0.4, 0.5) is 0 Å². The van der Waals surface area contributed by atoms with E-state index < -0.39 is 17.2 Å². The maximum absolute atomic E-state index is 11.4. The van der Waals surface area contributed by atoms with Crippen LogP contribution in [0.1, 0.15) is 32.3 Å². The molecule has 0 radical (unpaired) electrons. The predicted octanol–water partition coefficient (Wildman–Crippen LogP) is -0.878. The fraction of sp³-hybridized carbons (Fsp3) is 0.417. The molecule has 2 aliphatic heterocycles. The van der Waals surface area contributed by atoms with E-state index in [4.69, 9.17) is 4.74 Å². The number of carboxylic acids is 1. The number of hydrogen-bond acceptors (Lipinski definition) is 2. The summed E-state index contributed by atoms with van der Waals surface area (Å²) in [5.74, 6) is -0.865. The molecule has 1 N–H and O–H groups in total. The summed E-state index contributed by atoms with van der Waals surface area (Å²) in [6.45, 7) is 1.98. The molecule has 1 aromatic rings. The van der Waals surface area contributed by atoms with Gasteiger partial charge >= 0.3 is 24.8 Å². The molecule has 4 heteroatoms. The van der Waals surface area contributed by atoms with Crippen molar-refractivity contribution in [1.29, 1.82) is 0 Å². The molecule has 1 fully saturated rings. The molecule has 2 heterocycles. The van der Waals surface area contributed by atoms with Gasteiger partial charge in [-0.1, -0.05) is 24.3 Å². The van der Waals surface area contributed by atoms with Crippen LogP contribution in [-0.4, -0.2) is 11.1 Å². The zero-order chi connectivity index (χ0) is 10.7. The Labute approximate surface area is 107 Å². The van der Waals surface area contributed by atoms with Crippen LogP contribution in [0, 0.1) is 0 Å². The molecule has 0 spiro atoms. The predicted molar refractivity (Wildman–Crippen MR) is 54.5 cm³/mol. The smallest absolute Gasteiger partial charge is 1.00 e. The van der Waals surface area contributed by atoms with Crippen LogP contribution in [0.3, 0.4) is 0 Å². The first-order valence-electron chi connectivity index (χ1n) is 5.12. The van der Waals surface area contributed by atoms with Gasteiger partial charge in [-0.2, -0.15) is 0 Å². The zero-order valence-electron chi connectivity index (χ0n) is 10.5. The van der Waals surface area contributed by atoms with Crippen LogP contribution >= 0.6 is 0 Å². The third kappa shape index (κ3) is 1.17. The Morgan fingerprint density at radius 1 is 1.38 bits per heavy atom. The fourth-order valence-electron chi connectivity index (χ4n) is 2.84. The van der Waals surface area contributed by atoms with E-state index >= 15 is 0 Å². The first kappa shape index (κ1) is 11.7. The Morgan fingerprint density at radius 3 is 2.62 bits per heavy atom. The Hall–Kier alpha value is -0.753. The van der Waals surface area contributed by atoms with Crippen LogP contribution in [0.2, 0.25) is 0 Å². The van der Waals surface area contributed by atoms with Crippen LogP contribution in [0.5, 0.6) is 0 Å². The summed E-state index contributed by atoms with van der Waals surface area (Å²) in [6.07, 6.45) is 1.37. The second-order valence-electron chi connectivity index (χ2n) is 4.51. The van der Waals surface area contributed by atoms with Gasteiger partial charge in [-0.25, -0.2) is 4.79 Å². The van der Waals surface area contributed by atoms with E-state index in [1.165, 1.54) is 0 Å². The third-order valence-corrected chi connectivity index (χ3v) is 3.63. The van der Waals surface area contributed by atoms with Gasteiger partial charge in [0.2, 0.25) is 0 Å². The van der Waals surface area contributed by atoms with Crippen molar-refractivity contribution >= 4 is 5.97 Å². The number of aliphatic carboxylic acids is 1. The number of rotatable bonds is 1. The summed E-state index contributed by atoms with van der Waals surface area (Å²) in [6, 6.07) is 7.65. The maximum Gasteiger partial charge on any atom is 1.00 e. The van der Waals surface area contributed by atoms with Gasteiger partial charge in [0.1, 0.15) is 0 Å². The molecule has 0 amide bonds. The molecule has 80 valence electrons. The molecule has 3 rings (SSSR count).